The largest absolute Gasteiger partial charge is 0.466 e. The third-order valence-corrected chi connectivity index (χ3v) is 32.8. The van der Waals surface area contributed by atoms with Crippen molar-refractivity contribution in [3.8, 4) is 0 Å². The van der Waals surface area contributed by atoms with Crippen LogP contribution in [0.15, 0.2) is 0 Å². The topological polar surface area (TPSA) is 228 Å². The van der Waals surface area contributed by atoms with Gasteiger partial charge >= 0.3 is 35.8 Å². The SMILES string of the molecule is CCCCCCCCC(CCCCCCCCC(CCC)CCCCCOC(=O)CCCCCCCN(CCO)CCCCCCCC(=O)OC1CCC(CCC(CC)C(CCCCC)CCCOC(=O)CCCCCCCN(CCO)CCCCCCCC(=O)OC2CCC(C3CCCCC3)CC2)CC1)OC(=O)CCCCCCCN(CCO)CCCCCCCC(=O)OC(CCCCCCCC)C(C)C. The van der Waals surface area contributed by atoms with E-state index >= 15 is 0 Å². The van der Waals surface area contributed by atoms with Gasteiger partial charge in [-0.05, 0) is 273 Å². The van der Waals surface area contributed by atoms with Gasteiger partial charge in [0.05, 0.1) is 33.0 Å². The van der Waals surface area contributed by atoms with E-state index in [4.69, 9.17) is 28.4 Å². The van der Waals surface area contributed by atoms with Crippen LogP contribution in [0.4, 0.5) is 0 Å². The number of carbonyl (C=O) groups excluding carboxylic acids is 6. The predicted molar refractivity (Wildman–Crippen MR) is 593 cm³/mol. The number of ether oxygens (including phenoxy) is 6. The number of unbranched alkanes of at least 4 members (excludes halogenated alkanes) is 43. The lowest BCUT2D eigenvalue weighted by Crippen LogP contribution is -2.29. The minimum atomic E-state index is -0.0502. The number of aliphatic hydroxyl groups is 3. The van der Waals surface area contributed by atoms with Crippen molar-refractivity contribution in [2.75, 3.05) is 91.9 Å². The highest BCUT2D eigenvalue weighted by atomic mass is 16.6. The van der Waals surface area contributed by atoms with Gasteiger partial charge in [0, 0.05) is 58.2 Å². The van der Waals surface area contributed by atoms with Gasteiger partial charge in [-0.25, -0.2) is 0 Å². The molecule has 18 nitrogen and oxygen atoms in total. The van der Waals surface area contributed by atoms with Gasteiger partial charge in [-0.1, -0.05) is 370 Å². The molecular weight excluding hydrogens is 1770 g/mol. The average molecular weight is 2010 g/mol. The fourth-order valence-electron chi connectivity index (χ4n) is 23.5. The summed E-state index contributed by atoms with van der Waals surface area (Å²) in [5.41, 5.74) is 0. The molecule has 3 fully saturated rings. The Kier molecular flexibility index (Phi) is 90.8. The molecule has 3 N–H and O–H groups in total. The summed E-state index contributed by atoms with van der Waals surface area (Å²) >= 11 is 0. The number of hydrogen-bond acceptors (Lipinski definition) is 18. The third-order valence-electron chi connectivity index (χ3n) is 32.8. The Labute approximate surface area is 876 Å². The van der Waals surface area contributed by atoms with Gasteiger partial charge in [0.2, 0.25) is 0 Å². The molecule has 3 aliphatic rings. The zero-order valence-electron chi connectivity index (χ0n) is 94.6. The summed E-state index contributed by atoms with van der Waals surface area (Å²) in [5, 5.41) is 29.4. The molecular formula is C124H235N3O15. The van der Waals surface area contributed by atoms with Crippen LogP contribution < -0.4 is 0 Å². The molecule has 836 valence electrons. The van der Waals surface area contributed by atoms with Gasteiger partial charge in [-0.2, -0.15) is 0 Å². The molecule has 5 atom stereocenters. The van der Waals surface area contributed by atoms with Crippen molar-refractivity contribution in [1.29, 1.82) is 0 Å². The highest BCUT2D eigenvalue weighted by Crippen LogP contribution is 2.41. The summed E-state index contributed by atoms with van der Waals surface area (Å²) in [4.78, 5) is 84.1. The Balaban J connectivity index is 1.12. The summed E-state index contributed by atoms with van der Waals surface area (Å²) in [6.07, 6.45) is 96.1. The van der Waals surface area contributed by atoms with Crippen LogP contribution in [-0.2, 0) is 57.2 Å². The van der Waals surface area contributed by atoms with Crippen molar-refractivity contribution < 1.29 is 72.5 Å². The van der Waals surface area contributed by atoms with E-state index in [2.05, 4.69) is 63.2 Å². The second-order valence-corrected chi connectivity index (χ2v) is 45.6. The summed E-state index contributed by atoms with van der Waals surface area (Å²) in [5.74, 6) is 4.86. The lowest BCUT2D eigenvalue weighted by Gasteiger charge is -2.35. The molecule has 5 unspecified atom stereocenters. The van der Waals surface area contributed by atoms with E-state index in [0.29, 0.717) is 82.0 Å². The number of carbonyl (C=O) groups is 6. The molecule has 0 spiro atoms. The first-order valence-corrected chi connectivity index (χ1v) is 62.6. The minimum absolute atomic E-state index is 0.00455. The maximum atomic E-state index is 13.2. The molecule has 0 heterocycles. The number of hydrogen-bond donors (Lipinski definition) is 3. The number of rotatable bonds is 104. The highest BCUT2D eigenvalue weighted by Gasteiger charge is 2.32. The van der Waals surface area contributed by atoms with Gasteiger partial charge in [-0.15, -0.1) is 0 Å². The van der Waals surface area contributed by atoms with Gasteiger partial charge in [0.15, 0.2) is 0 Å². The molecule has 142 heavy (non-hydrogen) atoms. The molecule has 0 aromatic heterocycles. The van der Waals surface area contributed by atoms with Crippen LogP contribution in [0.3, 0.4) is 0 Å². The predicted octanol–water partition coefficient (Wildman–Crippen LogP) is 32.6. The summed E-state index contributed by atoms with van der Waals surface area (Å²) in [6, 6.07) is 0. The van der Waals surface area contributed by atoms with Crippen LogP contribution in [0.5, 0.6) is 0 Å². The molecule has 3 saturated carbocycles. The summed E-state index contributed by atoms with van der Waals surface area (Å²) in [7, 11) is 0. The number of nitrogens with zero attached hydrogens (tertiary/aromatic N) is 3. The van der Waals surface area contributed by atoms with Crippen molar-refractivity contribution in [1.82, 2.24) is 14.7 Å². The smallest absolute Gasteiger partial charge is 0.306 e. The second kappa shape index (κ2) is 97.1. The van der Waals surface area contributed by atoms with E-state index in [1.807, 2.05) is 0 Å². The first-order valence-electron chi connectivity index (χ1n) is 62.6. The first kappa shape index (κ1) is 133. The molecule has 3 rings (SSSR count). The van der Waals surface area contributed by atoms with Crippen molar-refractivity contribution in [3.05, 3.63) is 0 Å². The van der Waals surface area contributed by atoms with Gasteiger partial charge in [0.1, 0.15) is 24.4 Å². The monoisotopic (exact) mass is 2010 g/mol. The van der Waals surface area contributed by atoms with E-state index in [0.717, 1.165) is 365 Å². The number of esters is 6. The van der Waals surface area contributed by atoms with Crippen LogP contribution in [0.2, 0.25) is 0 Å². The van der Waals surface area contributed by atoms with Crippen molar-refractivity contribution in [2.45, 2.75) is 625 Å². The third kappa shape index (κ3) is 77.9. The van der Waals surface area contributed by atoms with Crippen LogP contribution in [-0.4, -0.2) is 182 Å². The normalized spacial score (nSPS) is 17.0. The summed E-state index contributed by atoms with van der Waals surface area (Å²) in [6.45, 7) is 25.6. The molecule has 18 heteroatoms. The molecule has 0 aromatic rings. The summed E-state index contributed by atoms with van der Waals surface area (Å²) < 4.78 is 35.6. The van der Waals surface area contributed by atoms with Crippen LogP contribution in [0.1, 0.15) is 601 Å². The fraction of sp³-hybridized carbons (Fsp3) is 0.952. The lowest BCUT2D eigenvalue weighted by molar-refractivity contribution is -0.152. The van der Waals surface area contributed by atoms with Crippen LogP contribution in [0, 0.1) is 41.4 Å². The number of aliphatic hydroxyl groups excluding tert-OH is 3. The van der Waals surface area contributed by atoms with E-state index in [9.17, 15) is 44.1 Å². The van der Waals surface area contributed by atoms with E-state index in [-0.39, 0.29) is 80.1 Å². The Bertz CT molecular complexity index is 2810. The molecule has 0 radical (unpaired) electrons. The van der Waals surface area contributed by atoms with Crippen molar-refractivity contribution in [3.63, 3.8) is 0 Å². The molecule has 0 amide bonds. The zero-order valence-corrected chi connectivity index (χ0v) is 94.6. The molecule has 0 aromatic carbocycles. The van der Waals surface area contributed by atoms with Crippen LogP contribution in [0.25, 0.3) is 0 Å². The second-order valence-electron chi connectivity index (χ2n) is 45.6. The Morgan fingerprint density at radius 2 is 0.585 bits per heavy atom. The maximum absolute atomic E-state index is 13.2. The first-order chi connectivity index (χ1) is 69.6. The van der Waals surface area contributed by atoms with Crippen molar-refractivity contribution >= 4 is 35.8 Å². The Hall–Kier alpha value is -3.42. The van der Waals surface area contributed by atoms with Gasteiger partial charge in [0.25, 0.3) is 0 Å². The maximum Gasteiger partial charge on any atom is 0.306 e. The standard InChI is InChI=1S/C124H235N3O15/c1-8-13-16-18-29-51-75-115(139-121(133)80-56-34-24-40-62-98-127(102-105-130)99-65-43-27-37-59-83-124(136)142-118(108(6)7)77-53-31-19-17-14-9-2)76-52-30-21-20-28-47-69-109(68-11-4)70-48-45-66-106-137-119(131)78-54-32-22-38-60-94-125(100-103-128)96-63-41-25-35-57-81-122(134)140-116-90-85-110(86-91-116)84-87-111(12-5)112(71-46-15-10-3)74-67-107-138-120(132)79-55-33-23-39-61-95-126(101-104-129)97-64-42-26-36-58-82-123(135)141-117-92-88-114(89-93-117)113-72-49-44-50-73-113/h108-118,128-130H,8-107H2,1-7H3. The van der Waals surface area contributed by atoms with Crippen molar-refractivity contribution in [2.24, 2.45) is 41.4 Å². The molecule has 0 saturated heterocycles. The lowest BCUT2D eigenvalue weighted by atomic mass is 9.73. The Morgan fingerprint density at radius 1 is 0.268 bits per heavy atom. The Morgan fingerprint density at radius 3 is 0.979 bits per heavy atom. The highest BCUT2D eigenvalue weighted by molar-refractivity contribution is 5.71. The van der Waals surface area contributed by atoms with E-state index < -0.39 is 0 Å². The fourth-order valence-corrected chi connectivity index (χ4v) is 23.5. The zero-order chi connectivity index (χ0) is 103. The average Bonchev–Trinajstić information content (AvgIpc) is 0.870. The van der Waals surface area contributed by atoms with Crippen LogP contribution >= 0.6 is 0 Å². The molecule has 3 aliphatic carbocycles. The van der Waals surface area contributed by atoms with Gasteiger partial charge < -0.3 is 58.4 Å². The van der Waals surface area contributed by atoms with E-state index in [1.54, 1.807) is 0 Å². The molecule has 0 aliphatic heterocycles. The molecule has 0 bridgehead atoms. The minimum Gasteiger partial charge on any atom is -0.466 e. The quantitative estimate of drug-likeness (QED) is 0.0292. The van der Waals surface area contributed by atoms with Gasteiger partial charge in [-0.3, -0.25) is 28.8 Å². The van der Waals surface area contributed by atoms with E-state index in [1.165, 1.54) is 218 Å².